The summed E-state index contributed by atoms with van der Waals surface area (Å²) in [6.07, 6.45) is 3.43. The summed E-state index contributed by atoms with van der Waals surface area (Å²) < 4.78 is 7.23. The van der Waals surface area contributed by atoms with Gasteiger partial charge in [0.05, 0.1) is 0 Å². The minimum absolute atomic E-state index is 0.143. The van der Waals surface area contributed by atoms with Crippen molar-refractivity contribution in [3.05, 3.63) is 94.7 Å². The van der Waals surface area contributed by atoms with Crippen molar-refractivity contribution >= 4 is 15.9 Å². The zero-order chi connectivity index (χ0) is 14.5. The van der Waals surface area contributed by atoms with Gasteiger partial charge >= 0.3 is 0 Å². The van der Waals surface area contributed by atoms with Crippen LogP contribution in [0.2, 0.25) is 0 Å². The Balaban J connectivity index is 1.95. The maximum atomic E-state index is 6.19. The van der Waals surface area contributed by atoms with Crippen LogP contribution in [0.15, 0.2) is 83.6 Å². The fourth-order valence-corrected chi connectivity index (χ4v) is 2.41. The van der Waals surface area contributed by atoms with Crippen LogP contribution < -0.4 is 4.74 Å². The van der Waals surface area contributed by atoms with Crippen molar-refractivity contribution in [3.63, 3.8) is 0 Å². The van der Waals surface area contributed by atoms with Gasteiger partial charge in [-0.25, -0.2) is 0 Å². The van der Waals surface area contributed by atoms with Gasteiger partial charge in [0.25, 0.3) is 0 Å². The van der Waals surface area contributed by atoms with Crippen molar-refractivity contribution in [3.8, 4) is 5.75 Å². The molecule has 104 valence electrons. The second kappa shape index (κ2) is 6.55. The van der Waals surface area contributed by atoms with Gasteiger partial charge in [-0.05, 0) is 47.5 Å². The lowest BCUT2D eigenvalue weighted by Gasteiger charge is -2.20. The van der Waals surface area contributed by atoms with Crippen molar-refractivity contribution in [2.75, 3.05) is 0 Å². The maximum Gasteiger partial charge on any atom is 0.149 e. The Bertz CT molecular complexity index is 644. The van der Waals surface area contributed by atoms with Crippen LogP contribution in [-0.4, -0.2) is 4.98 Å². The number of hydrogen-bond donors (Lipinski definition) is 0. The molecule has 0 amide bonds. The Morgan fingerprint density at radius 2 is 1.38 bits per heavy atom. The maximum absolute atomic E-state index is 6.19. The molecule has 0 fully saturated rings. The number of hydrogen-bond acceptors (Lipinski definition) is 2. The molecular weight excluding hydrogens is 326 g/mol. The molecule has 0 N–H and O–H groups in total. The van der Waals surface area contributed by atoms with E-state index in [0.29, 0.717) is 0 Å². The van der Waals surface area contributed by atoms with Gasteiger partial charge in [0.2, 0.25) is 0 Å². The van der Waals surface area contributed by atoms with E-state index >= 15 is 0 Å². The molecule has 2 nitrogen and oxygen atoms in total. The van der Waals surface area contributed by atoms with E-state index in [0.717, 1.165) is 21.3 Å². The highest BCUT2D eigenvalue weighted by Crippen LogP contribution is 2.28. The highest BCUT2D eigenvalue weighted by molar-refractivity contribution is 9.10. The first-order chi connectivity index (χ1) is 10.3. The first-order valence-corrected chi connectivity index (χ1v) is 7.49. The van der Waals surface area contributed by atoms with E-state index in [9.17, 15) is 0 Å². The number of benzene rings is 2. The smallest absolute Gasteiger partial charge is 0.149 e. The first-order valence-electron chi connectivity index (χ1n) is 6.70. The Kier molecular flexibility index (Phi) is 4.31. The molecule has 0 spiro atoms. The fourth-order valence-electron chi connectivity index (χ4n) is 2.14. The van der Waals surface area contributed by atoms with Crippen molar-refractivity contribution in [1.29, 1.82) is 0 Å². The van der Waals surface area contributed by atoms with Crippen LogP contribution in [0.1, 0.15) is 17.2 Å². The van der Waals surface area contributed by atoms with Crippen LogP contribution in [0.5, 0.6) is 5.75 Å². The molecule has 3 aromatic rings. The topological polar surface area (TPSA) is 22.1 Å². The molecule has 1 aromatic heterocycles. The summed E-state index contributed by atoms with van der Waals surface area (Å²) in [6, 6.07) is 22.0. The molecule has 0 unspecified atom stereocenters. The van der Waals surface area contributed by atoms with Gasteiger partial charge in [-0.3, -0.25) is 4.98 Å². The molecule has 0 aliphatic carbocycles. The average molecular weight is 340 g/mol. The number of rotatable bonds is 4. The molecule has 1 heterocycles. The highest BCUT2D eigenvalue weighted by atomic mass is 79.9. The number of nitrogens with zero attached hydrogens (tertiary/aromatic N) is 1. The summed E-state index contributed by atoms with van der Waals surface area (Å²) in [5.74, 6) is 0.837. The minimum Gasteiger partial charge on any atom is -0.481 e. The summed E-state index contributed by atoms with van der Waals surface area (Å²) in [4.78, 5) is 4.08. The first kappa shape index (κ1) is 13.8. The molecule has 2 aromatic carbocycles. The predicted molar refractivity (Wildman–Crippen MR) is 87.3 cm³/mol. The highest BCUT2D eigenvalue weighted by Gasteiger charge is 2.15. The van der Waals surface area contributed by atoms with Crippen LogP contribution in [0.3, 0.4) is 0 Å². The third-order valence-electron chi connectivity index (χ3n) is 3.18. The van der Waals surface area contributed by atoms with Crippen LogP contribution in [-0.2, 0) is 0 Å². The normalized spacial score (nSPS) is 11.9. The molecule has 0 saturated heterocycles. The zero-order valence-corrected chi connectivity index (χ0v) is 12.9. The van der Waals surface area contributed by atoms with E-state index in [2.05, 4.69) is 33.0 Å². The van der Waals surface area contributed by atoms with Crippen LogP contribution >= 0.6 is 15.9 Å². The lowest BCUT2D eigenvalue weighted by Crippen LogP contribution is -2.09. The predicted octanol–water partition coefficient (Wildman–Crippen LogP) is 5.01. The van der Waals surface area contributed by atoms with Gasteiger partial charge in [-0.1, -0.05) is 46.3 Å². The molecule has 0 aliphatic heterocycles. The standard InChI is InChI=1S/C18H14BrNO/c19-16-6-8-17(9-7-16)21-18(14-4-2-1-3-5-14)15-10-12-20-13-11-15/h1-13,18H/t18-/m1/s1. The third kappa shape index (κ3) is 3.50. The van der Waals surface area contributed by atoms with Gasteiger partial charge in [0.15, 0.2) is 0 Å². The van der Waals surface area contributed by atoms with E-state index in [4.69, 9.17) is 4.74 Å². The molecule has 3 rings (SSSR count). The Morgan fingerprint density at radius 3 is 2.05 bits per heavy atom. The average Bonchev–Trinajstić information content (AvgIpc) is 2.56. The second-order valence-corrected chi connectivity index (χ2v) is 5.56. The van der Waals surface area contributed by atoms with Gasteiger partial charge in [-0.2, -0.15) is 0 Å². The monoisotopic (exact) mass is 339 g/mol. The lowest BCUT2D eigenvalue weighted by atomic mass is 10.0. The molecule has 0 saturated carbocycles. The SMILES string of the molecule is Brc1ccc(O[C@H](c2ccccc2)c2ccncc2)cc1. The number of pyridine rings is 1. The molecule has 0 aliphatic rings. The van der Waals surface area contributed by atoms with E-state index in [1.54, 1.807) is 12.4 Å². The second-order valence-electron chi connectivity index (χ2n) is 4.64. The van der Waals surface area contributed by atoms with Gasteiger partial charge in [-0.15, -0.1) is 0 Å². The summed E-state index contributed by atoms with van der Waals surface area (Å²) in [5.41, 5.74) is 2.20. The van der Waals surface area contributed by atoms with Crippen molar-refractivity contribution in [2.45, 2.75) is 6.10 Å². The number of ether oxygens (including phenoxy) is 1. The molecule has 0 bridgehead atoms. The zero-order valence-electron chi connectivity index (χ0n) is 11.3. The molecular formula is C18H14BrNO. The summed E-state index contributed by atoms with van der Waals surface area (Å²) in [5, 5.41) is 0. The van der Waals surface area contributed by atoms with Crippen molar-refractivity contribution < 1.29 is 4.74 Å². The van der Waals surface area contributed by atoms with Crippen molar-refractivity contribution in [2.24, 2.45) is 0 Å². The van der Waals surface area contributed by atoms with Gasteiger partial charge in [0.1, 0.15) is 11.9 Å². The Morgan fingerprint density at radius 1 is 0.762 bits per heavy atom. The van der Waals surface area contributed by atoms with Crippen molar-refractivity contribution in [1.82, 2.24) is 4.98 Å². The largest absolute Gasteiger partial charge is 0.481 e. The molecule has 21 heavy (non-hydrogen) atoms. The van der Waals surface area contributed by atoms with Gasteiger partial charge in [0, 0.05) is 16.9 Å². The van der Waals surface area contributed by atoms with E-state index in [1.165, 1.54) is 0 Å². The van der Waals surface area contributed by atoms with Crippen LogP contribution in [0.25, 0.3) is 0 Å². The minimum atomic E-state index is -0.143. The quantitative estimate of drug-likeness (QED) is 0.666. The Hall–Kier alpha value is -2.13. The molecule has 0 radical (unpaired) electrons. The number of halogens is 1. The van der Waals surface area contributed by atoms with Crippen LogP contribution in [0.4, 0.5) is 0 Å². The third-order valence-corrected chi connectivity index (χ3v) is 3.71. The van der Waals surface area contributed by atoms with E-state index in [1.807, 2.05) is 54.6 Å². The van der Waals surface area contributed by atoms with E-state index < -0.39 is 0 Å². The Labute approximate surface area is 132 Å². The molecule has 1 atom stereocenters. The van der Waals surface area contributed by atoms with Crippen LogP contribution in [0, 0.1) is 0 Å². The summed E-state index contributed by atoms with van der Waals surface area (Å²) in [7, 11) is 0. The van der Waals surface area contributed by atoms with Gasteiger partial charge < -0.3 is 4.74 Å². The number of aromatic nitrogens is 1. The lowest BCUT2D eigenvalue weighted by molar-refractivity contribution is 0.247. The van der Waals surface area contributed by atoms with E-state index in [-0.39, 0.29) is 6.10 Å². The molecule has 3 heteroatoms. The fraction of sp³-hybridized carbons (Fsp3) is 0.0556. The summed E-state index contributed by atoms with van der Waals surface area (Å²) in [6.45, 7) is 0. The summed E-state index contributed by atoms with van der Waals surface area (Å²) >= 11 is 3.44.